The summed E-state index contributed by atoms with van der Waals surface area (Å²) in [6.07, 6.45) is 2.21. The standard InChI is InChI=1S/C15H12Br4O2/c16-12-13(17)15(19)8-14(12,18)7-9(15)6-11(20)21-10-4-2-1-3-5-10/h1-5,9H,6-8H2/t9-,14-,15-/m1/s1. The predicted molar refractivity (Wildman–Crippen MR) is 97.6 cm³/mol. The lowest BCUT2D eigenvalue weighted by atomic mass is 9.90. The Morgan fingerprint density at radius 3 is 2.43 bits per heavy atom. The van der Waals surface area contributed by atoms with Crippen LogP contribution in [-0.2, 0) is 4.79 Å². The molecule has 0 saturated heterocycles. The molecule has 112 valence electrons. The molecule has 0 heterocycles. The summed E-state index contributed by atoms with van der Waals surface area (Å²) in [7, 11) is 0. The molecule has 2 aliphatic carbocycles. The Morgan fingerprint density at radius 2 is 1.86 bits per heavy atom. The molecule has 2 nitrogen and oxygen atoms in total. The molecule has 0 radical (unpaired) electrons. The molecular weight excluding hydrogens is 532 g/mol. The summed E-state index contributed by atoms with van der Waals surface area (Å²) in [6.45, 7) is 0. The topological polar surface area (TPSA) is 26.3 Å². The summed E-state index contributed by atoms with van der Waals surface area (Å²) in [5.74, 6) is 0.604. The Balaban J connectivity index is 1.72. The van der Waals surface area contributed by atoms with Crippen LogP contribution in [0.2, 0.25) is 0 Å². The van der Waals surface area contributed by atoms with E-state index in [2.05, 4.69) is 63.7 Å². The van der Waals surface area contributed by atoms with Crippen LogP contribution in [0.15, 0.2) is 39.3 Å². The average Bonchev–Trinajstić information content (AvgIpc) is 2.79. The van der Waals surface area contributed by atoms with Gasteiger partial charge in [-0.05, 0) is 30.9 Å². The van der Waals surface area contributed by atoms with Gasteiger partial charge in [-0.2, -0.15) is 0 Å². The van der Waals surface area contributed by atoms with E-state index < -0.39 is 0 Å². The third kappa shape index (κ3) is 2.81. The van der Waals surface area contributed by atoms with Gasteiger partial charge in [0.2, 0.25) is 0 Å². The van der Waals surface area contributed by atoms with Crippen LogP contribution < -0.4 is 4.74 Å². The number of rotatable bonds is 3. The number of allylic oxidation sites excluding steroid dienone is 2. The molecule has 21 heavy (non-hydrogen) atoms. The summed E-state index contributed by atoms with van der Waals surface area (Å²) >= 11 is 14.9. The minimum Gasteiger partial charge on any atom is -0.427 e. The first-order valence-electron chi connectivity index (χ1n) is 6.55. The number of para-hydroxylation sites is 1. The number of benzene rings is 1. The van der Waals surface area contributed by atoms with E-state index >= 15 is 0 Å². The zero-order valence-corrected chi connectivity index (χ0v) is 17.3. The molecule has 6 heteroatoms. The molecule has 0 unspecified atom stereocenters. The maximum Gasteiger partial charge on any atom is 0.311 e. The molecule has 3 atom stereocenters. The normalized spacial score (nSPS) is 34.4. The van der Waals surface area contributed by atoms with Crippen LogP contribution in [0.4, 0.5) is 0 Å². The van der Waals surface area contributed by atoms with Crippen LogP contribution in [0.1, 0.15) is 19.3 Å². The molecule has 0 N–H and O–H groups in total. The first-order chi connectivity index (χ1) is 9.85. The first kappa shape index (κ1) is 16.2. The second-order valence-corrected chi connectivity index (χ2v) is 10.0. The number of alkyl halides is 2. The number of halogens is 4. The number of hydrogen-bond donors (Lipinski definition) is 0. The van der Waals surface area contributed by atoms with Gasteiger partial charge in [-0.15, -0.1) is 0 Å². The van der Waals surface area contributed by atoms with Crippen LogP contribution in [0.3, 0.4) is 0 Å². The van der Waals surface area contributed by atoms with Gasteiger partial charge in [-0.1, -0.05) is 81.9 Å². The summed E-state index contributed by atoms with van der Waals surface area (Å²) in [5, 5.41) is 0. The SMILES string of the molecule is O=C(C[C@@H]1C[C@@]2(Br)C[C@]1(Br)C(Br)=C2Br)Oc1ccccc1. The fraction of sp³-hybridized carbons (Fsp3) is 0.400. The molecule has 2 bridgehead atoms. The fourth-order valence-corrected chi connectivity index (χ4v) is 7.52. The van der Waals surface area contributed by atoms with Crippen LogP contribution >= 0.6 is 63.7 Å². The molecule has 2 aliphatic rings. The van der Waals surface area contributed by atoms with Gasteiger partial charge < -0.3 is 4.74 Å². The minimum atomic E-state index is -0.190. The van der Waals surface area contributed by atoms with Crippen molar-refractivity contribution in [3.05, 3.63) is 39.3 Å². The predicted octanol–water partition coefficient (Wildman–Crippen LogP) is 5.67. The number of carbonyl (C=O) groups excluding carboxylic acids is 1. The minimum absolute atomic E-state index is 0.0764. The second kappa shape index (κ2) is 5.77. The molecule has 1 fully saturated rings. The summed E-state index contributed by atoms with van der Waals surface area (Å²) in [4.78, 5) is 12.2. The Hall–Kier alpha value is 0.350. The van der Waals surface area contributed by atoms with Crippen LogP contribution in [0, 0.1) is 5.92 Å². The third-order valence-corrected chi connectivity index (χ3v) is 10.3. The Morgan fingerprint density at radius 1 is 1.19 bits per heavy atom. The van der Waals surface area contributed by atoms with Crippen molar-refractivity contribution in [2.75, 3.05) is 0 Å². The van der Waals surface area contributed by atoms with Gasteiger partial charge >= 0.3 is 5.97 Å². The monoisotopic (exact) mass is 540 g/mol. The van der Waals surface area contributed by atoms with Crippen molar-refractivity contribution in [3.8, 4) is 5.75 Å². The van der Waals surface area contributed by atoms with E-state index in [9.17, 15) is 4.79 Å². The largest absolute Gasteiger partial charge is 0.427 e. The van der Waals surface area contributed by atoms with Gasteiger partial charge in [-0.25, -0.2) is 0 Å². The van der Waals surface area contributed by atoms with E-state index in [1.165, 1.54) is 0 Å². The van der Waals surface area contributed by atoms with E-state index in [0.717, 1.165) is 21.8 Å². The van der Waals surface area contributed by atoms with Crippen molar-refractivity contribution in [2.45, 2.75) is 27.9 Å². The van der Waals surface area contributed by atoms with E-state index in [1.807, 2.05) is 18.2 Å². The molecular formula is C15H12Br4O2. The van der Waals surface area contributed by atoms with Gasteiger partial charge in [-0.3, -0.25) is 4.79 Å². The molecule has 0 amide bonds. The van der Waals surface area contributed by atoms with Crippen molar-refractivity contribution in [3.63, 3.8) is 0 Å². The van der Waals surface area contributed by atoms with Gasteiger partial charge in [0.25, 0.3) is 0 Å². The number of ether oxygens (including phenoxy) is 1. The molecule has 3 rings (SSSR count). The van der Waals surface area contributed by atoms with Gasteiger partial charge in [0, 0.05) is 8.96 Å². The number of carbonyl (C=O) groups is 1. The van der Waals surface area contributed by atoms with Gasteiger partial charge in [0.1, 0.15) is 5.75 Å². The van der Waals surface area contributed by atoms with Crippen molar-refractivity contribution in [1.29, 1.82) is 0 Å². The highest BCUT2D eigenvalue weighted by molar-refractivity contribution is 9.16. The molecule has 1 saturated carbocycles. The highest BCUT2D eigenvalue weighted by atomic mass is 79.9. The van der Waals surface area contributed by atoms with Crippen LogP contribution in [0.5, 0.6) is 5.75 Å². The Bertz CT molecular complexity index is 615. The van der Waals surface area contributed by atoms with Crippen LogP contribution in [-0.4, -0.2) is 14.6 Å². The van der Waals surface area contributed by atoms with Crippen molar-refractivity contribution in [1.82, 2.24) is 0 Å². The van der Waals surface area contributed by atoms with E-state index in [1.54, 1.807) is 12.1 Å². The number of hydrogen-bond acceptors (Lipinski definition) is 2. The lowest BCUT2D eigenvalue weighted by molar-refractivity contribution is -0.135. The summed E-state index contributed by atoms with van der Waals surface area (Å²) < 4.78 is 7.37. The molecule has 0 aromatic heterocycles. The first-order valence-corrected chi connectivity index (χ1v) is 9.72. The molecule has 0 aliphatic heterocycles. The fourth-order valence-electron chi connectivity index (χ4n) is 3.08. The number of esters is 1. The lowest BCUT2D eigenvalue weighted by Crippen LogP contribution is -2.30. The second-order valence-electron chi connectivity index (χ2n) is 5.52. The Kier molecular flexibility index (Phi) is 4.45. The number of fused-ring (bicyclic) bond motifs is 2. The molecule has 1 aromatic carbocycles. The van der Waals surface area contributed by atoms with Gasteiger partial charge in [0.15, 0.2) is 0 Å². The van der Waals surface area contributed by atoms with Crippen molar-refractivity contribution < 1.29 is 9.53 Å². The quantitative estimate of drug-likeness (QED) is 0.279. The maximum atomic E-state index is 12.2. The maximum absolute atomic E-state index is 12.2. The van der Waals surface area contributed by atoms with Crippen LogP contribution in [0.25, 0.3) is 0 Å². The highest BCUT2D eigenvalue weighted by Gasteiger charge is 2.61. The zero-order chi connectivity index (χ0) is 15.3. The summed E-state index contributed by atoms with van der Waals surface area (Å²) in [6, 6.07) is 9.20. The average molecular weight is 544 g/mol. The highest BCUT2D eigenvalue weighted by Crippen LogP contribution is 2.68. The van der Waals surface area contributed by atoms with Crippen molar-refractivity contribution in [2.24, 2.45) is 5.92 Å². The Labute approximate surface area is 157 Å². The molecule has 1 aromatic rings. The van der Waals surface area contributed by atoms with E-state index in [-0.39, 0.29) is 20.5 Å². The summed E-state index contributed by atoms with van der Waals surface area (Å²) in [5.41, 5.74) is 0. The molecule has 0 spiro atoms. The van der Waals surface area contributed by atoms with Crippen molar-refractivity contribution >= 4 is 69.7 Å². The van der Waals surface area contributed by atoms with E-state index in [4.69, 9.17) is 4.74 Å². The zero-order valence-electron chi connectivity index (χ0n) is 10.9. The van der Waals surface area contributed by atoms with Gasteiger partial charge in [0.05, 0.1) is 15.1 Å². The smallest absolute Gasteiger partial charge is 0.311 e. The lowest BCUT2D eigenvalue weighted by Gasteiger charge is -2.30. The van der Waals surface area contributed by atoms with E-state index in [0.29, 0.717) is 12.2 Å². The third-order valence-electron chi connectivity index (χ3n) is 4.09.